The molecule has 0 aliphatic heterocycles. The lowest BCUT2D eigenvalue weighted by Crippen LogP contribution is -2.15. The molecule has 1 atom stereocenters. The fourth-order valence-electron chi connectivity index (χ4n) is 1.91. The van der Waals surface area contributed by atoms with E-state index in [1.54, 1.807) is 0 Å². The second kappa shape index (κ2) is 5.91. The zero-order chi connectivity index (χ0) is 13.8. The first-order valence-corrected chi connectivity index (χ1v) is 6.47. The van der Waals surface area contributed by atoms with Gasteiger partial charge in [-0.1, -0.05) is 31.2 Å². The fraction of sp³-hybridized carbons (Fsp3) is 0.333. The molecule has 0 radical (unpaired) electrons. The standard InChI is InChI=1S/C15H19N3O/c1-3-11-4-6-12(7-5-11)13-8-10(2)17-15(18-13)14(19)9-16/h4-8,14,19H,3,9,16H2,1-2H3. The van der Waals surface area contributed by atoms with Crippen molar-refractivity contribution >= 4 is 0 Å². The predicted molar refractivity (Wildman–Crippen MR) is 75.6 cm³/mol. The summed E-state index contributed by atoms with van der Waals surface area (Å²) in [5.74, 6) is 0.386. The highest BCUT2D eigenvalue weighted by Crippen LogP contribution is 2.20. The van der Waals surface area contributed by atoms with Crippen molar-refractivity contribution < 1.29 is 5.11 Å². The Morgan fingerprint density at radius 1 is 1.21 bits per heavy atom. The van der Waals surface area contributed by atoms with Crippen LogP contribution >= 0.6 is 0 Å². The van der Waals surface area contributed by atoms with E-state index in [4.69, 9.17) is 5.73 Å². The number of hydrogen-bond donors (Lipinski definition) is 2. The first-order chi connectivity index (χ1) is 9.13. The molecule has 19 heavy (non-hydrogen) atoms. The molecule has 4 nitrogen and oxygen atoms in total. The Labute approximate surface area is 113 Å². The van der Waals surface area contributed by atoms with Crippen molar-refractivity contribution in [1.82, 2.24) is 9.97 Å². The van der Waals surface area contributed by atoms with Crippen LogP contribution in [0.1, 0.15) is 30.1 Å². The molecule has 0 spiro atoms. The molecule has 0 bridgehead atoms. The second-order valence-electron chi connectivity index (χ2n) is 4.55. The Balaban J connectivity index is 2.40. The Kier molecular flexibility index (Phi) is 4.24. The molecule has 1 aromatic heterocycles. The van der Waals surface area contributed by atoms with Crippen LogP contribution in [0.5, 0.6) is 0 Å². The minimum Gasteiger partial charge on any atom is -0.384 e. The summed E-state index contributed by atoms with van der Waals surface area (Å²) in [7, 11) is 0. The van der Waals surface area contributed by atoms with Crippen molar-refractivity contribution in [2.75, 3.05) is 6.54 Å². The number of aliphatic hydroxyl groups excluding tert-OH is 1. The minimum absolute atomic E-state index is 0.123. The highest BCUT2D eigenvalue weighted by atomic mass is 16.3. The summed E-state index contributed by atoms with van der Waals surface area (Å²) >= 11 is 0. The van der Waals surface area contributed by atoms with Gasteiger partial charge in [0, 0.05) is 17.8 Å². The first-order valence-electron chi connectivity index (χ1n) is 6.47. The van der Waals surface area contributed by atoms with Gasteiger partial charge in [-0.05, 0) is 25.0 Å². The Bertz CT molecular complexity index is 552. The van der Waals surface area contributed by atoms with Crippen LogP contribution in [0.3, 0.4) is 0 Å². The molecular weight excluding hydrogens is 238 g/mol. The van der Waals surface area contributed by atoms with E-state index in [-0.39, 0.29) is 6.54 Å². The molecule has 2 aromatic rings. The summed E-state index contributed by atoms with van der Waals surface area (Å²) in [6.07, 6.45) is 0.203. The fourth-order valence-corrected chi connectivity index (χ4v) is 1.91. The molecule has 1 heterocycles. The van der Waals surface area contributed by atoms with Gasteiger partial charge in [-0.15, -0.1) is 0 Å². The number of hydrogen-bond acceptors (Lipinski definition) is 4. The molecule has 0 aliphatic carbocycles. The van der Waals surface area contributed by atoms with Gasteiger partial charge in [0.2, 0.25) is 0 Å². The van der Waals surface area contributed by atoms with E-state index in [1.807, 2.05) is 25.1 Å². The summed E-state index contributed by atoms with van der Waals surface area (Å²) in [4.78, 5) is 8.61. The number of aliphatic hydroxyl groups is 1. The van der Waals surface area contributed by atoms with Crippen LogP contribution in [0.25, 0.3) is 11.3 Å². The highest BCUT2D eigenvalue weighted by Gasteiger charge is 2.11. The molecule has 1 unspecified atom stereocenters. The third-order valence-corrected chi connectivity index (χ3v) is 3.05. The summed E-state index contributed by atoms with van der Waals surface area (Å²) in [6.45, 7) is 4.13. The summed E-state index contributed by atoms with van der Waals surface area (Å²) in [5.41, 5.74) is 9.40. The number of aryl methyl sites for hydroxylation is 2. The molecule has 0 fully saturated rings. The summed E-state index contributed by atoms with van der Waals surface area (Å²) in [6, 6.07) is 10.2. The lowest BCUT2D eigenvalue weighted by atomic mass is 10.1. The van der Waals surface area contributed by atoms with Gasteiger partial charge in [0.1, 0.15) is 6.10 Å². The minimum atomic E-state index is -0.812. The van der Waals surface area contributed by atoms with E-state index in [0.717, 1.165) is 23.4 Å². The molecular formula is C15H19N3O. The van der Waals surface area contributed by atoms with E-state index >= 15 is 0 Å². The van der Waals surface area contributed by atoms with Crippen molar-refractivity contribution in [3.8, 4) is 11.3 Å². The molecule has 3 N–H and O–H groups in total. The van der Waals surface area contributed by atoms with Gasteiger partial charge in [-0.3, -0.25) is 0 Å². The van der Waals surface area contributed by atoms with Crippen LogP contribution in [0.2, 0.25) is 0 Å². The van der Waals surface area contributed by atoms with Crippen molar-refractivity contribution in [3.63, 3.8) is 0 Å². The number of benzene rings is 1. The molecule has 0 saturated carbocycles. The van der Waals surface area contributed by atoms with Crippen molar-refractivity contribution in [3.05, 3.63) is 47.4 Å². The molecule has 0 saturated heterocycles. The maximum Gasteiger partial charge on any atom is 0.159 e. The van der Waals surface area contributed by atoms with Gasteiger partial charge in [-0.25, -0.2) is 9.97 Å². The summed E-state index contributed by atoms with van der Waals surface area (Å²) in [5, 5.41) is 9.76. The maximum absolute atomic E-state index is 9.76. The number of aromatic nitrogens is 2. The first kappa shape index (κ1) is 13.6. The molecule has 4 heteroatoms. The van der Waals surface area contributed by atoms with Crippen molar-refractivity contribution in [2.24, 2.45) is 5.73 Å². The van der Waals surface area contributed by atoms with Crippen LogP contribution in [0, 0.1) is 6.92 Å². The molecule has 100 valence electrons. The summed E-state index contributed by atoms with van der Waals surface area (Å²) < 4.78 is 0. The van der Waals surface area contributed by atoms with Crippen LogP contribution in [-0.4, -0.2) is 21.6 Å². The predicted octanol–water partition coefficient (Wildman–Crippen LogP) is 2.01. The maximum atomic E-state index is 9.76. The average Bonchev–Trinajstić information content (AvgIpc) is 2.45. The van der Waals surface area contributed by atoms with Crippen molar-refractivity contribution in [1.29, 1.82) is 0 Å². The molecule has 2 rings (SSSR count). The quantitative estimate of drug-likeness (QED) is 0.878. The lowest BCUT2D eigenvalue weighted by molar-refractivity contribution is 0.176. The number of nitrogens with two attached hydrogens (primary N) is 1. The third-order valence-electron chi connectivity index (χ3n) is 3.05. The number of rotatable bonds is 4. The van der Waals surface area contributed by atoms with E-state index in [1.165, 1.54) is 5.56 Å². The Morgan fingerprint density at radius 2 is 1.89 bits per heavy atom. The number of nitrogens with zero attached hydrogens (tertiary/aromatic N) is 2. The monoisotopic (exact) mass is 257 g/mol. The Hall–Kier alpha value is -1.78. The van der Waals surface area contributed by atoms with E-state index in [2.05, 4.69) is 29.0 Å². The molecule has 1 aromatic carbocycles. The topological polar surface area (TPSA) is 72.0 Å². The normalized spacial score (nSPS) is 12.4. The van der Waals surface area contributed by atoms with Crippen LogP contribution in [0.15, 0.2) is 30.3 Å². The molecule has 0 amide bonds. The second-order valence-corrected chi connectivity index (χ2v) is 4.55. The van der Waals surface area contributed by atoms with Gasteiger partial charge >= 0.3 is 0 Å². The van der Waals surface area contributed by atoms with Gasteiger partial charge in [0.15, 0.2) is 5.82 Å². The van der Waals surface area contributed by atoms with Crippen LogP contribution < -0.4 is 5.73 Å². The lowest BCUT2D eigenvalue weighted by Gasteiger charge is -2.10. The van der Waals surface area contributed by atoms with Crippen LogP contribution in [-0.2, 0) is 6.42 Å². The zero-order valence-electron chi connectivity index (χ0n) is 11.3. The van der Waals surface area contributed by atoms with Crippen LogP contribution in [0.4, 0.5) is 0 Å². The van der Waals surface area contributed by atoms with Gasteiger partial charge < -0.3 is 10.8 Å². The highest BCUT2D eigenvalue weighted by molar-refractivity contribution is 5.59. The average molecular weight is 257 g/mol. The third kappa shape index (κ3) is 3.16. The van der Waals surface area contributed by atoms with Gasteiger partial charge in [-0.2, -0.15) is 0 Å². The Morgan fingerprint density at radius 3 is 2.47 bits per heavy atom. The smallest absolute Gasteiger partial charge is 0.159 e. The zero-order valence-corrected chi connectivity index (χ0v) is 11.3. The van der Waals surface area contributed by atoms with E-state index < -0.39 is 6.10 Å². The molecule has 0 aliphatic rings. The van der Waals surface area contributed by atoms with Crippen molar-refractivity contribution in [2.45, 2.75) is 26.4 Å². The van der Waals surface area contributed by atoms with E-state index in [0.29, 0.717) is 5.82 Å². The largest absolute Gasteiger partial charge is 0.384 e. The SMILES string of the molecule is CCc1ccc(-c2cc(C)nc(C(O)CN)n2)cc1. The van der Waals surface area contributed by atoms with Gasteiger partial charge in [0.25, 0.3) is 0 Å². The van der Waals surface area contributed by atoms with Gasteiger partial charge in [0.05, 0.1) is 5.69 Å². The van der Waals surface area contributed by atoms with E-state index in [9.17, 15) is 5.11 Å².